The van der Waals surface area contributed by atoms with Crippen LogP contribution in [0.5, 0.6) is 0 Å². The third-order valence-corrected chi connectivity index (χ3v) is 6.76. The van der Waals surface area contributed by atoms with E-state index in [0.717, 1.165) is 23.5 Å². The second-order valence-electron chi connectivity index (χ2n) is 5.75. The van der Waals surface area contributed by atoms with Crippen molar-refractivity contribution in [2.75, 3.05) is 5.75 Å². The fourth-order valence-electron chi connectivity index (χ4n) is 2.58. The molecular weight excluding hydrogens is 406 g/mol. The van der Waals surface area contributed by atoms with Crippen molar-refractivity contribution in [1.82, 2.24) is 4.57 Å². The van der Waals surface area contributed by atoms with Crippen LogP contribution in [0, 0.1) is 24.0 Å². The van der Waals surface area contributed by atoms with Gasteiger partial charge in [0.05, 0.1) is 27.4 Å². The molecule has 0 aliphatic heterocycles. The molecule has 0 aliphatic rings. The number of benzene rings is 2. The van der Waals surface area contributed by atoms with Crippen LogP contribution in [0.3, 0.4) is 0 Å². The quantitative estimate of drug-likeness (QED) is 0.609. The topological polar surface area (TPSA) is 68.5 Å². The van der Waals surface area contributed by atoms with Crippen LogP contribution in [0.2, 0.25) is 0 Å². The van der Waals surface area contributed by atoms with Gasteiger partial charge in [-0.3, -0.25) is 4.79 Å². The largest absolute Gasteiger partial charge is 0.302 e. The molecule has 0 saturated heterocycles. The van der Waals surface area contributed by atoms with Gasteiger partial charge in [0.25, 0.3) is 5.91 Å². The zero-order chi connectivity index (χ0) is 20.5. The summed E-state index contributed by atoms with van der Waals surface area (Å²) in [5.41, 5.74) is 0.228. The lowest BCUT2D eigenvalue weighted by atomic mass is 10.2. The van der Waals surface area contributed by atoms with Gasteiger partial charge in [0.1, 0.15) is 5.82 Å². The van der Waals surface area contributed by atoms with Gasteiger partial charge < -0.3 is 4.57 Å². The van der Waals surface area contributed by atoms with Gasteiger partial charge in [0.15, 0.2) is 20.5 Å². The summed E-state index contributed by atoms with van der Waals surface area (Å²) in [5, 5.41) is 0. The summed E-state index contributed by atoms with van der Waals surface area (Å²) in [7, 11) is -3.38. The highest BCUT2D eigenvalue weighted by Crippen LogP contribution is 2.22. The molecule has 0 unspecified atom stereocenters. The average molecular weight is 420 g/mol. The maximum Gasteiger partial charge on any atom is 0.279 e. The molecule has 1 aromatic heterocycles. The summed E-state index contributed by atoms with van der Waals surface area (Å²) in [5.74, 6) is 0.103. The van der Waals surface area contributed by atoms with E-state index < -0.39 is 27.4 Å². The first-order valence-electron chi connectivity index (χ1n) is 8.10. The molecule has 9 heteroatoms. The number of thiazole rings is 1. The SMILES string of the molecule is C#CCn1c(=NC(=O)c2ccc(S(=O)(=O)CC)cc2)sc2cc(F)cc(F)c21. The second-order valence-corrected chi connectivity index (χ2v) is 9.04. The van der Waals surface area contributed by atoms with Gasteiger partial charge in [0, 0.05) is 11.6 Å². The molecule has 0 N–H and O–H groups in total. The van der Waals surface area contributed by atoms with E-state index in [0.29, 0.717) is 0 Å². The van der Waals surface area contributed by atoms with E-state index in [9.17, 15) is 22.0 Å². The van der Waals surface area contributed by atoms with Crippen molar-refractivity contribution in [2.45, 2.75) is 18.4 Å². The van der Waals surface area contributed by atoms with Gasteiger partial charge >= 0.3 is 0 Å². The van der Waals surface area contributed by atoms with Crippen molar-refractivity contribution in [3.05, 3.63) is 58.4 Å². The Hall–Kier alpha value is -2.83. The van der Waals surface area contributed by atoms with E-state index in [2.05, 4.69) is 10.9 Å². The highest BCUT2D eigenvalue weighted by molar-refractivity contribution is 7.91. The first-order chi connectivity index (χ1) is 13.3. The Balaban J connectivity index is 2.09. The van der Waals surface area contributed by atoms with Crippen LogP contribution in [0.15, 0.2) is 46.3 Å². The van der Waals surface area contributed by atoms with Gasteiger partial charge in [-0.05, 0) is 30.3 Å². The Morgan fingerprint density at radius 2 is 1.93 bits per heavy atom. The Kier molecular flexibility index (Phi) is 5.45. The molecule has 28 heavy (non-hydrogen) atoms. The Labute approximate surface area is 163 Å². The number of terminal acetylenes is 1. The number of nitrogens with zero attached hydrogens (tertiary/aromatic N) is 2. The molecule has 0 aliphatic carbocycles. The van der Waals surface area contributed by atoms with Gasteiger partial charge in [-0.1, -0.05) is 24.2 Å². The van der Waals surface area contributed by atoms with E-state index >= 15 is 0 Å². The Morgan fingerprint density at radius 3 is 2.54 bits per heavy atom. The number of carbonyl (C=O) groups is 1. The summed E-state index contributed by atoms with van der Waals surface area (Å²) in [6, 6.07) is 7.25. The third kappa shape index (κ3) is 3.74. The Morgan fingerprint density at radius 1 is 1.25 bits per heavy atom. The van der Waals surface area contributed by atoms with Crippen LogP contribution in [0.25, 0.3) is 10.2 Å². The second kappa shape index (κ2) is 7.66. The summed E-state index contributed by atoms with van der Waals surface area (Å²) in [6.07, 6.45) is 5.33. The van der Waals surface area contributed by atoms with Crippen molar-refractivity contribution >= 4 is 37.3 Å². The maximum absolute atomic E-state index is 14.2. The number of fused-ring (bicyclic) bond motifs is 1. The maximum atomic E-state index is 14.2. The van der Waals surface area contributed by atoms with E-state index in [1.165, 1.54) is 35.8 Å². The highest BCUT2D eigenvalue weighted by atomic mass is 32.2. The third-order valence-electron chi connectivity index (χ3n) is 3.98. The van der Waals surface area contributed by atoms with Crippen LogP contribution in [0.1, 0.15) is 17.3 Å². The minimum atomic E-state index is -3.38. The number of amides is 1. The van der Waals surface area contributed by atoms with Gasteiger partial charge in [-0.25, -0.2) is 17.2 Å². The summed E-state index contributed by atoms with van der Waals surface area (Å²) in [6.45, 7) is 1.47. The normalized spacial score (nSPS) is 12.3. The Bertz CT molecular complexity index is 1280. The average Bonchev–Trinajstić information content (AvgIpc) is 2.99. The van der Waals surface area contributed by atoms with Crippen molar-refractivity contribution in [1.29, 1.82) is 0 Å². The minimum absolute atomic E-state index is 0.0532. The highest BCUT2D eigenvalue weighted by Gasteiger charge is 2.15. The molecule has 2 aromatic carbocycles. The number of sulfone groups is 1. The van der Waals surface area contributed by atoms with E-state index in [1.54, 1.807) is 0 Å². The molecule has 1 amide bonds. The molecule has 3 aromatic rings. The lowest BCUT2D eigenvalue weighted by Gasteiger charge is -2.02. The van der Waals surface area contributed by atoms with Crippen molar-refractivity contribution in [3.8, 4) is 12.3 Å². The molecule has 0 spiro atoms. The molecule has 3 rings (SSSR count). The van der Waals surface area contributed by atoms with Crippen LogP contribution in [0.4, 0.5) is 8.78 Å². The van der Waals surface area contributed by atoms with Crippen LogP contribution < -0.4 is 4.80 Å². The number of aromatic nitrogens is 1. The predicted octanol–water partition coefficient (Wildman–Crippen LogP) is 3.15. The fourth-order valence-corrected chi connectivity index (χ4v) is 4.53. The molecule has 0 bridgehead atoms. The van der Waals surface area contributed by atoms with Gasteiger partial charge in [0.2, 0.25) is 0 Å². The molecule has 0 radical (unpaired) electrons. The number of halogens is 2. The standard InChI is InChI=1S/C19H14F2N2O3S2/c1-3-9-23-17-15(21)10-13(20)11-16(17)27-19(23)22-18(24)12-5-7-14(8-6-12)28(25,26)4-2/h1,5-8,10-11H,4,9H2,2H3. The van der Waals surface area contributed by atoms with E-state index in [-0.39, 0.29) is 37.8 Å². The van der Waals surface area contributed by atoms with Crippen LogP contribution in [-0.2, 0) is 16.4 Å². The molecular formula is C19H14F2N2O3S2. The number of rotatable bonds is 4. The zero-order valence-electron chi connectivity index (χ0n) is 14.6. The number of hydrogen-bond acceptors (Lipinski definition) is 4. The number of carbonyl (C=O) groups excluding carboxylic acids is 1. The van der Waals surface area contributed by atoms with Crippen molar-refractivity contribution in [3.63, 3.8) is 0 Å². The summed E-state index contributed by atoms with van der Waals surface area (Å²) >= 11 is 0.930. The molecule has 5 nitrogen and oxygen atoms in total. The van der Waals surface area contributed by atoms with Crippen LogP contribution >= 0.6 is 11.3 Å². The predicted molar refractivity (Wildman–Crippen MR) is 103 cm³/mol. The van der Waals surface area contributed by atoms with Crippen molar-refractivity contribution < 1.29 is 22.0 Å². The van der Waals surface area contributed by atoms with Crippen LogP contribution in [-0.4, -0.2) is 24.6 Å². The zero-order valence-corrected chi connectivity index (χ0v) is 16.3. The first kappa shape index (κ1) is 19.9. The molecule has 0 atom stereocenters. The molecule has 144 valence electrons. The van der Waals surface area contributed by atoms with Crippen molar-refractivity contribution in [2.24, 2.45) is 4.99 Å². The minimum Gasteiger partial charge on any atom is -0.302 e. The fraction of sp³-hybridized carbons (Fsp3) is 0.158. The summed E-state index contributed by atoms with van der Waals surface area (Å²) < 4.78 is 53.0. The monoisotopic (exact) mass is 420 g/mol. The first-order valence-corrected chi connectivity index (χ1v) is 10.6. The van der Waals surface area contributed by atoms with E-state index in [1.807, 2.05) is 0 Å². The lowest BCUT2D eigenvalue weighted by Crippen LogP contribution is -2.17. The smallest absolute Gasteiger partial charge is 0.279 e. The van der Waals surface area contributed by atoms with E-state index in [4.69, 9.17) is 6.42 Å². The lowest BCUT2D eigenvalue weighted by molar-refractivity contribution is 0.0997. The van der Waals surface area contributed by atoms with Gasteiger partial charge in [-0.15, -0.1) is 6.42 Å². The van der Waals surface area contributed by atoms with Gasteiger partial charge in [-0.2, -0.15) is 4.99 Å². The molecule has 0 fully saturated rings. The summed E-state index contributed by atoms with van der Waals surface area (Å²) in [4.78, 5) is 16.7. The number of hydrogen-bond donors (Lipinski definition) is 0. The molecule has 0 saturated carbocycles. The molecule has 1 heterocycles.